The topological polar surface area (TPSA) is 101 Å². The molecule has 0 fully saturated rings. The molecule has 3 aromatic rings. The van der Waals surface area contributed by atoms with Crippen LogP contribution in [0.25, 0.3) is 0 Å². The summed E-state index contributed by atoms with van der Waals surface area (Å²) < 4.78 is 39.1. The van der Waals surface area contributed by atoms with Gasteiger partial charge in [-0.05, 0) is 49.7 Å². The predicted molar refractivity (Wildman–Crippen MR) is 140 cm³/mol. The number of furan rings is 1. The highest BCUT2D eigenvalue weighted by molar-refractivity contribution is 7.89. The number of hydrazone groups is 1. The molecule has 4 rings (SSSR count). The zero-order valence-corrected chi connectivity index (χ0v) is 22.6. The first-order valence-corrected chi connectivity index (χ1v) is 13.4. The summed E-state index contributed by atoms with van der Waals surface area (Å²) in [6, 6.07) is 12.1. The SMILES string of the molecule is COC(=O)c1c(C)oc(C)c1S(=O)(=O)NCC1=NN(c2ccc(Cl)cc2Cl)C(c2ccc(Cl)cc2)C1. The Balaban J connectivity index is 1.65. The highest BCUT2D eigenvalue weighted by Gasteiger charge is 2.34. The van der Waals surface area contributed by atoms with Gasteiger partial charge in [-0.15, -0.1) is 0 Å². The Bertz CT molecular complexity index is 1450. The number of benzene rings is 2. The fraction of sp³-hybridized carbons (Fsp3) is 0.250. The van der Waals surface area contributed by atoms with E-state index in [-0.39, 0.29) is 34.6 Å². The minimum atomic E-state index is -4.13. The summed E-state index contributed by atoms with van der Waals surface area (Å²) in [5, 5.41) is 7.88. The lowest BCUT2D eigenvalue weighted by Gasteiger charge is -2.25. The molecule has 0 saturated carbocycles. The van der Waals surface area contributed by atoms with Crippen LogP contribution in [-0.4, -0.2) is 33.8 Å². The Morgan fingerprint density at radius 3 is 2.42 bits per heavy atom. The number of aryl methyl sites for hydroxylation is 2. The second kappa shape index (κ2) is 10.4. The number of hydrogen-bond donors (Lipinski definition) is 1. The number of halogens is 3. The Hall–Kier alpha value is -2.56. The minimum absolute atomic E-state index is 0.0855. The van der Waals surface area contributed by atoms with Crippen molar-refractivity contribution in [2.45, 2.75) is 31.2 Å². The number of rotatable bonds is 7. The number of anilines is 1. The zero-order valence-electron chi connectivity index (χ0n) is 19.5. The van der Waals surface area contributed by atoms with Gasteiger partial charge in [-0.1, -0.05) is 46.9 Å². The normalized spacial score (nSPS) is 15.8. The molecule has 8 nitrogen and oxygen atoms in total. The van der Waals surface area contributed by atoms with Gasteiger partial charge in [0, 0.05) is 16.5 Å². The van der Waals surface area contributed by atoms with Gasteiger partial charge in [0.1, 0.15) is 22.0 Å². The quantitative estimate of drug-likeness (QED) is 0.353. The lowest BCUT2D eigenvalue weighted by molar-refractivity contribution is 0.0595. The molecule has 12 heteroatoms. The van der Waals surface area contributed by atoms with Crippen molar-refractivity contribution < 1.29 is 22.4 Å². The number of sulfonamides is 1. The molecule has 0 saturated heterocycles. The van der Waals surface area contributed by atoms with Crippen LogP contribution in [0.4, 0.5) is 5.69 Å². The molecule has 2 aromatic carbocycles. The van der Waals surface area contributed by atoms with Crippen molar-refractivity contribution in [2.24, 2.45) is 5.10 Å². The fourth-order valence-corrected chi connectivity index (χ4v) is 6.13. The molecule has 1 aliphatic heterocycles. The van der Waals surface area contributed by atoms with Gasteiger partial charge in [0.2, 0.25) is 10.0 Å². The van der Waals surface area contributed by atoms with Crippen molar-refractivity contribution in [2.75, 3.05) is 18.7 Å². The molecule has 0 amide bonds. The summed E-state index contributed by atoms with van der Waals surface area (Å²) in [4.78, 5) is 12.0. The average molecular weight is 571 g/mol. The number of ether oxygens (including phenoxy) is 1. The van der Waals surface area contributed by atoms with Gasteiger partial charge < -0.3 is 9.15 Å². The first-order valence-electron chi connectivity index (χ1n) is 10.8. The number of carbonyl (C=O) groups excluding carboxylic acids is 1. The zero-order chi connectivity index (χ0) is 26.2. The number of methoxy groups -OCH3 is 1. The van der Waals surface area contributed by atoms with Crippen molar-refractivity contribution in [3.8, 4) is 0 Å². The van der Waals surface area contributed by atoms with Crippen LogP contribution in [-0.2, 0) is 14.8 Å². The van der Waals surface area contributed by atoms with Crippen molar-refractivity contribution in [3.63, 3.8) is 0 Å². The third kappa shape index (κ3) is 5.26. The molecule has 190 valence electrons. The second-order valence-corrected chi connectivity index (χ2v) is 11.1. The van der Waals surface area contributed by atoms with E-state index in [2.05, 4.69) is 9.82 Å². The van der Waals surface area contributed by atoms with E-state index in [0.29, 0.717) is 32.9 Å². The number of hydrogen-bond acceptors (Lipinski definition) is 7. The Morgan fingerprint density at radius 2 is 1.78 bits per heavy atom. The van der Waals surface area contributed by atoms with E-state index >= 15 is 0 Å². The molecular weight excluding hydrogens is 549 g/mol. The first kappa shape index (κ1) is 26.5. The predicted octanol–water partition coefficient (Wildman–Crippen LogP) is 5.93. The van der Waals surface area contributed by atoms with Gasteiger partial charge in [0.25, 0.3) is 0 Å². The number of esters is 1. The van der Waals surface area contributed by atoms with E-state index in [1.165, 1.54) is 21.0 Å². The van der Waals surface area contributed by atoms with Crippen molar-refractivity contribution in [3.05, 3.63) is 80.2 Å². The maximum atomic E-state index is 13.2. The second-order valence-electron chi connectivity index (χ2n) is 8.11. The summed E-state index contributed by atoms with van der Waals surface area (Å²) >= 11 is 18.6. The maximum absolute atomic E-state index is 13.2. The maximum Gasteiger partial charge on any atom is 0.342 e. The molecule has 0 spiro atoms. The van der Waals surface area contributed by atoms with Crippen LogP contribution >= 0.6 is 34.8 Å². The Labute approximate surface area is 223 Å². The number of nitrogens with one attached hydrogen (secondary N) is 1. The van der Waals surface area contributed by atoms with Crippen LogP contribution in [0.15, 0.2) is 56.9 Å². The summed E-state index contributed by atoms with van der Waals surface area (Å²) in [6.07, 6.45) is 0.413. The van der Waals surface area contributed by atoms with Gasteiger partial charge in [0.15, 0.2) is 0 Å². The fourth-order valence-electron chi connectivity index (χ4n) is 4.09. The monoisotopic (exact) mass is 569 g/mol. The van der Waals surface area contributed by atoms with E-state index in [1.807, 2.05) is 12.1 Å². The van der Waals surface area contributed by atoms with E-state index < -0.39 is 16.0 Å². The minimum Gasteiger partial charge on any atom is -0.465 e. The summed E-state index contributed by atoms with van der Waals surface area (Å²) in [5.74, 6) is -0.555. The van der Waals surface area contributed by atoms with Crippen LogP contribution in [0.1, 0.15) is 39.9 Å². The molecule has 1 atom stereocenters. The van der Waals surface area contributed by atoms with E-state index in [0.717, 1.165) is 5.56 Å². The van der Waals surface area contributed by atoms with Gasteiger partial charge in [0.05, 0.1) is 36.1 Å². The van der Waals surface area contributed by atoms with Crippen LogP contribution in [0.2, 0.25) is 15.1 Å². The highest BCUT2D eigenvalue weighted by atomic mass is 35.5. The van der Waals surface area contributed by atoms with Crippen molar-refractivity contribution in [1.29, 1.82) is 0 Å². The average Bonchev–Trinajstić information content (AvgIpc) is 3.38. The smallest absolute Gasteiger partial charge is 0.342 e. The number of carbonyl (C=O) groups is 1. The Morgan fingerprint density at radius 1 is 1.11 bits per heavy atom. The Kier molecular flexibility index (Phi) is 7.68. The van der Waals surface area contributed by atoms with E-state index in [9.17, 15) is 13.2 Å². The third-order valence-electron chi connectivity index (χ3n) is 5.71. The first-order chi connectivity index (χ1) is 17.0. The van der Waals surface area contributed by atoms with E-state index in [4.69, 9.17) is 44.0 Å². The van der Waals surface area contributed by atoms with E-state index in [1.54, 1.807) is 35.3 Å². The molecule has 1 aromatic heterocycles. The molecule has 1 N–H and O–H groups in total. The van der Waals surface area contributed by atoms with Crippen molar-refractivity contribution in [1.82, 2.24) is 4.72 Å². The van der Waals surface area contributed by atoms with Gasteiger partial charge >= 0.3 is 5.97 Å². The lowest BCUT2D eigenvalue weighted by Crippen LogP contribution is -2.30. The molecule has 0 radical (unpaired) electrons. The summed E-state index contributed by atoms with van der Waals surface area (Å²) in [5.41, 5.74) is 1.96. The largest absolute Gasteiger partial charge is 0.465 e. The van der Waals surface area contributed by atoms with Crippen LogP contribution in [0.5, 0.6) is 0 Å². The summed E-state index contributed by atoms with van der Waals surface area (Å²) in [6.45, 7) is 2.88. The van der Waals surface area contributed by atoms with Gasteiger partial charge in [-0.3, -0.25) is 5.01 Å². The van der Waals surface area contributed by atoms with Gasteiger partial charge in [-0.2, -0.15) is 5.10 Å². The molecule has 36 heavy (non-hydrogen) atoms. The van der Waals surface area contributed by atoms with Crippen LogP contribution < -0.4 is 9.73 Å². The summed E-state index contributed by atoms with van der Waals surface area (Å²) in [7, 11) is -2.96. The van der Waals surface area contributed by atoms with Gasteiger partial charge in [-0.25, -0.2) is 17.9 Å². The molecule has 0 bridgehead atoms. The highest BCUT2D eigenvalue weighted by Crippen LogP contribution is 2.40. The molecule has 0 aliphatic carbocycles. The standard InChI is InChI=1S/C24H22Cl3N3O5S/c1-13-22(24(31)34-3)23(14(2)35-13)36(32,33)28-12-18-11-21(15-4-6-16(25)7-5-15)30(29-18)20-9-8-17(26)10-19(20)27/h4-10,21,28H,11-12H2,1-3H3. The number of nitrogens with zero attached hydrogens (tertiary/aromatic N) is 2. The van der Waals surface area contributed by atoms with Crippen LogP contribution in [0, 0.1) is 13.8 Å². The molecule has 2 heterocycles. The molecule has 1 aliphatic rings. The molecular formula is C24H22Cl3N3O5S. The van der Waals surface area contributed by atoms with Crippen LogP contribution in [0.3, 0.4) is 0 Å². The third-order valence-corrected chi connectivity index (χ3v) is 8.06. The molecule has 1 unspecified atom stereocenters. The van der Waals surface area contributed by atoms with Crippen molar-refractivity contribution >= 4 is 62.2 Å². The lowest BCUT2D eigenvalue weighted by atomic mass is 10.0.